The van der Waals surface area contributed by atoms with Gasteiger partial charge in [0, 0.05) is 12.1 Å². The molecule has 0 unspecified atom stereocenters. The molecule has 0 atom stereocenters. The number of phenolic OH excluding ortho intramolecular Hbond substituents is 1. The standard InChI is InChI=1S/C18H20N6O2/c1-8-4-5-11(25)9(2)14(8)24-15(19)12(16(20)26)13-17-21-6-7-23(17)10(3)22-18(13)24/h4-5,25H,6-7,19H2,1-3H3,(H2,20,26). The van der Waals surface area contributed by atoms with Crippen molar-refractivity contribution >= 4 is 29.2 Å². The number of carbonyl (C=O) groups excluding carboxylic acids is 1. The maximum Gasteiger partial charge on any atom is 0.253 e. The van der Waals surface area contributed by atoms with Gasteiger partial charge in [-0.3, -0.25) is 14.4 Å². The maximum atomic E-state index is 12.2. The Hall–Kier alpha value is -3.29. The van der Waals surface area contributed by atoms with Crippen molar-refractivity contribution in [2.75, 3.05) is 18.8 Å². The van der Waals surface area contributed by atoms with Crippen LogP contribution in [-0.4, -0.2) is 45.2 Å². The molecule has 1 amide bonds. The van der Waals surface area contributed by atoms with Crippen LogP contribution >= 0.6 is 0 Å². The van der Waals surface area contributed by atoms with Crippen LogP contribution in [0.1, 0.15) is 34.0 Å². The largest absolute Gasteiger partial charge is 0.508 e. The minimum absolute atomic E-state index is 0.143. The van der Waals surface area contributed by atoms with Crippen molar-refractivity contribution in [2.45, 2.75) is 20.8 Å². The van der Waals surface area contributed by atoms with Crippen LogP contribution in [0.15, 0.2) is 22.1 Å². The fourth-order valence-electron chi connectivity index (χ4n) is 3.73. The van der Waals surface area contributed by atoms with Gasteiger partial charge in [0.1, 0.15) is 23.2 Å². The Labute approximate surface area is 150 Å². The van der Waals surface area contributed by atoms with E-state index >= 15 is 0 Å². The number of nitrogens with two attached hydrogens (primary N) is 2. The lowest BCUT2D eigenvalue weighted by Crippen LogP contribution is -2.36. The van der Waals surface area contributed by atoms with E-state index in [1.807, 2.05) is 18.7 Å². The highest BCUT2D eigenvalue weighted by Gasteiger charge is 2.37. The molecule has 2 aromatic rings. The molecule has 3 heterocycles. The average Bonchev–Trinajstić information content (AvgIpc) is 3.16. The first kappa shape index (κ1) is 16.2. The summed E-state index contributed by atoms with van der Waals surface area (Å²) in [5, 5.41) is 10.2. The van der Waals surface area contributed by atoms with E-state index in [0.717, 1.165) is 11.4 Å². The SMILES string of the molecule is CC1=Nc2c(c(C(N)=O)c(N)n2-c2c(C)ccc(O)c2C)C2=NCCN12. The summed E-state index contributed by atoms with van der Waals surface area (Å²) in [5.74, 6) is 1.68. The van der Waals surface area contributed by atoms with E-state index in [0.29, 0.717) is 41.6 Å². The van der Waals surface area contributed by atoms with Gasteiger partial charge in [0.15, 0.2) is 5.82 Å². The fraction of sp³-hybridized carbons (Fsp3) is 0.278. The number of hydrogen-bond donors (Lipinski definition) is 3. The molecule has 8 heteroatoms. The summed E-state index contributed by atoms with van der Waals surface area (Å²) >= 11 is 0. The number of amidine groups is 2. The number of benzene rings is 1. The summed E-state index contributed by atoms with van der Waals surface area (Å²) in [5.41, 5.74) is 15.0. The predicted octanol–water partition coefficient (Wildman–Crippen LogP) is 1.61. The summed E-state index contributed by atoms with van der Waals surface area (Å²) in [6.07, 6.45) is 0. The average molecular weight is 352 g/mol. The molecular weight excluding hydrogens is 332 g/mol. The monoisotopic (exact) mass is 352 g/mol. The Bertz CT molecular complexity index is 1030. The Kier molecular flexibility index (Phi) is 3.33. The van der Waals surface area contributed by atoms with Gasteiger partial charge in [-0.05, 0) is 32.4 Å². The molecule has 0 saturated carbocycles. The first-order valence-corrected chi connectivity index (χ1v) is 8.34. The summed E-state index contributed by atoms with van der Waals surface area (Å²) in [6.45, 7) is 6.93. The van der Waals surface area contributed by atoms with Gasteiger partial charge < -0.3 is 21.5 Å². The molecule has 4 rings (SSSR count). The van der Waals surface area contributed by atoms with Gasteiger partial charge in [-0.25, -0.2) is 4.99 Å². The lowest BCUT2D eigenvalue weighted by molar-refractivity contribution is 0.100. The number of phenols is 1. The molecule has 134 valence electrons. The molecule has 0 aliphatic carbocycles. The third-order valence-corrected chi connectivity index (χ3v) is 4.98. The van der Waals surface area contributed by atoms with Gasteiger partial charge in [0.05, 0.1) is 23.4 Å². The number of aromatic hydroxyl groups is 1. The summed E-state index contributed by atoms with van der Waals surface area (Å²) in [4.78, 5) is 23.4. The van der Waals surface area contributed by atoms with Crippen LogP contribution in [-0.2, 0) is 0 Å². The van der Waals surface area contributed by atoms with E-state index in [1.165, 1.54) is 0 Å². The molecule has 0 radical (unpaired) electrons. The summed E-state index contributed by atoms with van der Waals surface area (Å²) in [6, 6.07) is 3.43. The van der Waals surface area contributed by atoms with E-state index in [-0.39, 0.29) is 17.1 Å². The molecule has 5 N–H and O–H groups in total. The minimum atomic E-state index is -0.628. The fourth-order valence-corrected chi connectivity index (χ4v) is 3.73. The molecular formula is C18H20N6O2. The molecule has 0 bridgehead atoms. The molecule has 26 heavy (non-hydrogen) atoms. The van der Waals surface area contributed by atoms with Gasteiger partial charge in [-0.1, -0.05) is 6.07 Å². The van der Waals surface area contributed by atoms with E-state index in [9.17, 15) is 9.90 Å². The number of amides is 1. The summed E-state index contributed by atoms with van der Waals surface area (Å²) in [7, 11) is 0. The van der Waals surface area contributed by atoms with Crippen LogP contribution in [0.3, 0.4) is 0 Å². The van der Waals surface area contributed by atoms with Crippen molar-refractivity contribution in [1.82, 2.24) is 9.47 Å². The molecule has 2 aliphatic heterocycles. The number of hydrogen-bond acceptors (Lipinski definition) is 6. The number of aromatic nitrogens is 1. The van der Waals surface area contributed by atoms with Crippen molar-refractivity contribution in [1.29, 1.82) is 0 Å². The highest BCUT2D eigenvalue weighted by Crippen LogP contribution is 2.42. The van der Waals surface area contributed by atoms with Crippen molar-refractivity contribution in [2.24, 2.45) is 15.7 Å². The van der Waals surface area contributed by atoms with E-state index in [2.05, 4.69) is 4.99 Å². The highest BCUT2D eigenvalue weighted by molar-refractivity contribution is 6.22. The lowest BCUT2D eigenvalue weighted by atomic mass is 10.1. The van der Waals surface area contributed by atoms with Gasteiger partial charge in [0.25, 0.3) is 5.91 Å². The second-order valence-electron chi connectivity index (χ2n) is 6.55. The molecule has 2 aliphatic rings. The topological polar surface area (TPSA) is 122 Å². The van der Waals surface area contributed by atoms with Crippen LogP contribution in [0.5, 0.6) is 5.75 Å². The van der Waals surface area contributed by atoms with Gasteiger partial charge in [-0.15, -0.1) is 0 Å². The number of carbonyl (C=O) groups is 1. The predicted molar refractivity (Wildman–Crippen MR) is 101 cm³/mol. The van der Waals surface area contributed by atoms with Crippen LogP contribution in [0, 0.1) is 13.8 Å². The second-order valence-corrected chi connectivity index (χ2v) is 6.55. The Morgan fingerprint density at radius 1 is 1.27 bits per heavy atom. The van der Waals surface area contributed by atoms with Crippen LogP contribution in [0.25, 0.3) is 5.69 Å². The van der Waals surface area contributed by atoms with Crippen LogP contribution in [0.2, 0.25) is 0 Å². The van der Waals surface area contributed by atoms with Gasteiger partial charge in [0.2, 0.25) is 0 Å². The molecule has 0 spiro atoms. The Balaban J connectivity index is 2.15. The number of fused-ring (bicyclic) bond motifs is 3. The Morgan fingerprint density at radius 2 is 2.00 bits per heavy atom. The molecule has 1 aromatic heterocycles. The molecule has 0 saturated heterocycles. The third-order valence-electron chi connectivity index (χ3n) is 4.98. The Morgan fingerprint density at radius 3 is 2.69 bits per heavy atom. The lowest BCUT2D eigenvalue weighted by Gasteiger charge is -2.25. The molecule has 0 fully saturated rings. The first-order valence-electron chi connectivity index (χ1n) is 8.34. The van der Waals surface area contributed by atoms with Crippen molar-refractivity contribution in [3.8, 4) is 11.4 Å². The zero-order valence-electron chi connectivity index (χ0n) is 14.9. The number of rotatable bonds is 2. The minimum Gasteiger partial charge on any atom is -0.508 e. The van der Waals surface area contributed by atoms with Gasteiger partial charge in [-0.2, -0.15) is 0 Å². The second kappa shape index (κ2) is 5.35. The highest BCUT2D eigenvalue weighted by atomic mass is 16.3. The number of anilines is 1. The normalized spacial score (nSPS) is 15.4. The number of aliphatic imine (C=N–C) groups is 2. The smallest absolute Gasteiger partial charge is 0.253 e. The number of aryl methyl sites for hydroxylation is 1. The molecule has 8 nitrogen and oxygen atoms in total. The van der Waals surface area contributed by atoms with Crippen LogP contribution in [0.4, 0.5) is 11.6 Å². The maximum absolute atomic E-state index is 12.2. The quantitative estimate of drug-likeness (QED) is 0.760. The first-order chi connectivity index (χ1) is 12.3. The van der Waals surface area contributed by atoms with E-state index in [1.54, 1.807) is 23.6 Å². The number of nitrogen functional groups attached to an aromatic ring is 1. The number of nitrogens with zero attached hydrogens (tertiary/aromatic N) is 4. The number of primary amides is 1. The third kappa shape index (κ3) is 1.98. The van der Waals surface area contributed by atoms with Gasteiger partial charge >= 0.3 is 0 Å². The zero-order chi connectivity index (χ0) is 18.7. The van der Waals surface area contributed by atoms with Crippen molar-refractivity contribution < 1.29 is 9.90 Å². The molecule has 1 aromatic carbocycles. The van der Waals surface area contributed by atoms with E-state index < -0.39 is 5.91 Å². The van der Waals surface area contributed by atoms with E-state index in [4.69, 9.17) is 16.5 Å². The zero-order valence-corrected chi connectivity index (χ0v) is 14.9. The van der Waals surface area contributed by atoms with Crippen molar-refractivity contribution in [3.63, 3.8) is 0 Å². The van der Waals surface area contributed by atoms with Crippen molar-refractivity contribution in [3.05, 3.63) is 34.4 Å². The summed E-state index contributed by atoms with van der Waals surface area (Å²) < 4.78 is 1.70. The van der Waals surface area contributed by atoms with Crippen LogP contribution < -0.4 is 11.5 Å².